The van der Waals surface area contributed by atoms with Crippen molar-refractivity contribution in [1.82, 2.24) is 5.32 Å². The quantitative estimate of drug-likeness (QED) is 0.370. The number of rotatable bonds is 6. The van der Waals surface area contributed by atoms with Crippen LogP contribution in [0.15, 0.2) is 41.4 Å². The van der Waals surface area contributed by atoms with Gasteiger partial charge in [0.05, 0.1) is 32.4 Å². The summed E-state index contributed by atoms with van der Waals surface area (Å²) in [5.74, 6) is 1.27. The van der Waals surface area contributed by atoms with Crippen LogP contribution < -0.4 is 20.1 Å². The SMILES string of the molecule is CCNC(=NCc1ccc(C#N)cc1F)Nc1ccc(OC)c(OC)c1.I. The number of guanidine groups is 1. The Kier molecular flexibility index (Phi) is 9.36. The minimum absolute atomic E-state index is 0. The normalized spacial score (nSPS) is 10.4. The lowest BCUT2D eigenvalue weighted by Gasteiger charge is -2.14. The van der Waals surface area contributed by atoms with Crippen molar-refractivity contribution in [2.75, 3.05) is 26.1 Å². The minimum Gasteiger partial charge on any atom is -0.493 e. The molecule has 0 spiro atoms. The molecule has 8 heteroatoms. The van der Waals surface area contributed by atoms with E-state index in [0.717, 1.165) is 5.69 Å². The van der Waals surface area contributed by atoms with Crippen molar-refractivity contribution >= 4 is 35.6 Å². The number of hydrogen-bond acceptors (Lipinski definition) is 4. The maximum Gasteiger partial charge on any atom is 0.196 e. The zero-order valence-corrected chi connectivity index (χ0v) is 17.7. The molecular formula is C19H22FIN4O2. The van der Waals surface area contributed by atoms with E-state index in [2.05, 4.69) is 15.6 Å². The summed E-state index contributed by atoms with van der Waals surface area (Å²) in [6.07, 6.45) is 0. The monoisotopic (exact) mass is 484 g/mol. The van der Waals surface area contributed by atoms with E-state index in [0.29, 0.717) is 29.6 Å². The van der Waals surface area contributed by atoms with Crippen molar-refractivity contribution in [2.24, 2.45) is 4.99 Å². The molecule has 0 heterocycles. The molecular weight excluding hydrogens is 462 g/mol. The highest BCUT2D eigenvalue weighted by atomic mass is 127. The van der Waals surface area contributed by atoms with Crippen LogP contribution in [-0.2, 0) is 6.54 Å². The number of methoxy groups -OCH3 is 2. The standard InChI is InChI=1S/C19H21FN4O2.HI/c1-4-22-19(23-12-14-6-5-13(11-21)9-16(14)20)24-15-7-8-17(25-2)18(10-15)26-3;/h5-10H,4,12H2,1-3H3,(H2,22,23,24);1H. The predicted molar refractivity (Wildman–Crippen MR) is 115 cm³/mol. The average Bonchev–Trinajstić information content (AvgIpc) is 2.66. The molecule has 6 nitrogen and oxygen atoms in total. The molecule has 0 unspecified atom stereocenters. The van der Waals surface area contributed by atoms with Crippen LogP contribution in [0.1, 0.15) is 18.1 Å². The Bertz CT molecular complexity index is 837. The smallest absolute Gasteiger partial charge is 0.196 e. The molecule has 0 fully saturated rings. The lowest BCUT2D eigenvalue weighted by molar-refractivity contribution is 0.355. The maximum absolute atomic E-state index is 14.0. The predicted octanol–water partition coefficient (Wildman–Crippen LogP) is 3.91. The number of benzene rings is 2. The molecule has 0 atom stereocenters. The molecule has 0 aromatic heterocycles. The molecule has 0 radical (unpaired) electrons. The van der Waals surface area contributed by atoms with Gasteiger partial charge < -0.3 is 20.1 Å². The number of nitrogens with zero attached hydrogens (tertiary/aromatic N) is 2. The zero-order valence-electron chi connectivity index (χ0n) is 15.4. The van der Waals surface area contributed by atoms with Gasteiger partial charge in [0.1, 0.15) is 5.82 Å². The van der Waals surface area contributed by atoms with Crippen LogP contribution in [0.25, 0.3) is 0 Å². The number of aliphatic imine (C=N–C) groups is 1. The Balaban J connectivity index is 0.00000364. The summed E-state index contributed by atoms with van der Waals surface area (Å²) in [4.78, 5) is 4.39. The summed E-state index contributed by atoms with van der Waals surface area (Å²) >= 11 is 0. The van der Waals surface area contributed by atoms with Gasteiger partial charge in [0.25, 0.3) is 0 Å². The lowest BCUT2D eigenvalue weighted by atomic mass is 10.1. The Hall–Kier alpha value is -2.54. The van der Waals surface area contributed by atoms with Gasteiger partial charge in [-0.1, -0.05) is 6.07 Å². The van der Waals surface area contributed by atoms with Crippen molar-refractivity contribution in [2.45, 2.75) is 13.5 Å². The van der Waals surface area contributed by atoms with Crippen LogP contribution in [0.4, 0.5) is 10.1 Å². The molecule has 0 bridgehead atoms. The average molecular weight is 484 g/mol. The highest BCUT2D eigenvalue weighted by Crippen LogP contribution is 2.29. The zero-order chi connectivity index (χ0) is 18.9. The van der Waals surface area contributed by atoms with Crippen LogP contribution in [0, 0.1) is 17.1 Å². The molecule has 0 aliphatic rings. The molecule has 144 valence electrons. The van der Waals surface area contributed by atoms with Crippen LogP contribution in [0.2, 0.25) is 0 Å². The fraction of sp³-hybridized carbons (Fsp3) is 0.263. The second kappa shape index (κ2) is 11.2. The van der Waals surface area contributed by atoms with Crippen molar-refractivity contribution in [3.8, 4) is 17.6 Å². The molecule has 0 amide bonds. The molecule has 0 aliphatic carbocycles. The molecule has 2 rings (SSSR count). The molecule has 27 heavy (non-hydrogen) atoms. The Labute approximate surface area is 175 Å². The third-order valence-corrected chi connectivity index (χ3v) is 3.58. The van der Waals surface area contributed by atoms with Gasteiger partial charge in [0.15, 0.2) is 17.5 Å². The summed E-state index contributed by atoms with van der Waals surface area (Å²) in [7, 11) is 3.14. The Morgan fingerprint density at radius 1 is 1.15 bits per heavy atom. The molecule has 0 saturated carbocycles. The van der Waals surface area contributed by atoms with E-state index in [4.69, 9.17) is 14.7 Å². The third-order valence-electron chi connectivity index (χ3n) is 3.58. The number of ether oxygens (including phenoxy) is 2. The number of halogens is 2. The fourth-order valence-electron chi connectivity index (χ4n) is 2.27. The van der Waals surface area contributed by atoms with Gasteiger partial charge in [-0.15, -0.1) is 24.0 Å². The maximum atomic E-state index is 14.0. The van der Waals surface area contributed by atoms with E-state index in [1.54, 1.807) is 38.5 Å². The second-order valence-electron chi connectivity index (χ2n) is 5.31. The summed E-state index contributed by atoms with van der Waals surface area (Å²) in [6.45, 7) is 2.73. The van der Waals surface area contributed by atoms with Gasteiger partial charge in [-0.2, -0.15) is 5.26 Å². The van der Waals surface area contributed by atoms with E-state index in [-0.39, 0.29) is 36.1 Å². The first kappa shape index (κ1) is 22.5. The van der Waals surface area contributed by atoms with Crippen molar-refractivity contribution in [3.05, 3.63) is 53.3 Å². The van der Waals surface area contributed by atoms with Crippen LogP contribution in [0.3, 0.4) is 0 Å². The van der Waals surface area contributed by atoms with Gasteiger partial charge in [-0.3, -0.25) is 0 Å². The first-order valence-corrected chi connectivity index (χ1v) is 8.07. The van der Waals surface area contributed by atoms with Gasteiger partial charge >= 0.3 is 0 Å². The van der Waals surface area contributed by atoms with Crippen LogP contribution in [-0.4, -0.2) is 26.7 Å². The second-order valence-corrected chi connectivity index (χ2v) is 5.31. The fourth-order valence-corrected chi connectivity index (χ4v) is 2.27. The van der Waals surface area contributed by atoms with Crippen molar-refractivity contribution in [1.29, 1.82) is 5.26 Å². The number of nitrogens with one attached hydrogen (secondary N) is 2. The summed E-state index contributed by atoms with van der Waals surface area (Å²) in [5.41, 5.74) is 1.45. The number of nitriles is 1. The van der Waals surface area contributed by atoms with E-state index < -0.39 is 5.82 Å². The van der Waals surface area contributed by atoms with Gasteiger partial charge in [-0.25, -0.2) is 9.38 Å². The van der Waals surface area contributed by atoms with Gasteiger partial charge in [-0.05, 0) is 31.2 Å². The molecule has 0 aliphatic heterocycles. The molecule has 2 N–H and O–H groups in total. The summed E-state index contributed by atoms with van der Waals surface area (Å²) in [6, 6.07) is 11.7. The molecule has 0 saturated heterocycles. The highest BCUT2D eigenvalue weighted by molar-refractivity contribution is 14.0. The van der Waals surface area contributed by atoms with Crippen molar-refractivity contribution in [3.63, 3.8) is 0 Å². The van der Waals surface area contributed by atoms with E-state index in [1.165, 1.54) is 6.07 Å². The first-order chi connectivity index (χ1) is 12.6. The van der Waals surface area contributed by atoms with Crippen LogP contribution >= 0.6 is 24.0 Å². The first-order valence-electron chi connectivity index (χ1n) is 8.07. The Morgan fingerprint density at radius 3 is 2.48 bits per heavy atom. The minimum atomic E-state index is -0.449. The number of anilines is 1. The van der Waals surface area contributed by atoms with E-state index >= 15 is 0 Å². The van der Waals surface area contributed by atoms with E-state index in [9.17, 15) is 4.39 Å². The lowest BCUT2D eigenvalue weighted by Crippen LogP contribution is -2.30. The van der Waals surface area contributed by atoms with Gasteiger partial charge in [0, 0.05) is 23.9 Å². The van der Waals surface area contributed by atoms with Gasteiger partial charge in [0.2, 0.25) is 0 Å². The highest BCUT2D eigenvalue weighted by Gasteiger charge is 2.07. The third kappa shape index (κ3) is 6.29. The molecule has 2 aromatic rings. The van der Waals surface area contributed by atoms with E-state index in [1.807, 2.05) is 19.1 Å². The summed E-state index contributed by atoms with van der Waals surface area (Å²) < 4.78 is 24.5. The Morgan fingerprint density at radius 2 is 1.89 bits per heavy atom. The molecule has 2 aromatic carbocycles. The van der Waals surface area contributed by atoms with Crippen LogP contribution in [0.5, 0.6) is 11.5 Å². The summed E-state index contributed by atoms with van der Waals surface area (Å²) in [5, 5.41) is 15.1. The number of hydrogen-bond donors (Lipinski definition) is 2. The topological polar surface area (TPSA) is 78.7 Å². The van der Waals surface area contributed by atoms with Crippen molar-refractivity contribution < 1.29 is 13.9 Å². The largest absolute Gasteiger partial charge is 0.493 e.